The maximum atomic E-state index is 12.6. The standard InChI is InChI=1S/C19H22N4O3/c1-10(9-24)20-18(25)12(3)22-19(26)16-8-14-13-6-4-5-7-15(13)23-17(14)11(2)21-16/h4-8,10,12,23-24H,9H2,1-3H3,(H,20,25)(H,22,26)/t10-,12-/m0/s1. The second-order valence-corrected chi connectivity index (χ2v) is 6.47. The van der Waals surface area contributed by atoms with Gasteiger partial charge in [-0.3, -0.25) is 9.59 Å². The van der Waals surface area contributed by atoms with E-state index in [9.17, 15) is 9.59 Å². The number of hydrogen-bond acceptors (Lipinski definition) is 4. The normalized spacial score (nSPS) is 13.5. The summed E-state index contributed by atoms with van der Waals surface area (Å²) in [5.41, 5.74) is 2.85. The number of amides is 2. The van der Waals surface area contributed by atoms with Crippen molar-refractivity contribution in [1.29, 1.82) is 0 Å². The lowest BCUT2D eigenvalue weighted by atomic mass is 10.1. The number of pyridine rings is 1. The molecule has 3 aromatic rings. The molecule has 7 heteroatoms. The molecule has 0 unspecified atom stereocenters. The highest BCUT2D eigenvalue weighted by Gasteiger charge is 2.20. The zero-order valence-electron chi connectivity index (χ0n) is 15.0. The lowest BCUT2D eigenvalue weighted by Gasteiger charge is -2.17. The molecule has 0 spiro atoms. The van der Waals surface area contributed by atoms with Gasteiger partial charge in [0.1, 0.15) is 11.7 Å². The van der Waals surface area contributed by atoms with Crippen molar-refractivity contribution < 1.29 is 14.7 Å². The van der Waals surface area contributed by atoms with E-state index in [0.717, 1.165) is 27.5 Å². The number of carbonyl (C=O) groups is 2. The van der Waals surface area contributed by atoms with Crippen LogP contribution in [0.25, 0.3) is 21.8 Å². The first-order valence-electron chi connectivity index (χ1n) is 8.51. The number of para-hydroxylation sites is 1. The Hall–Kier alpha value is -2.93. The van der Waals surface area contributed by atoms with Crippen LogP contribution in [0.15, 0.2) is 30.3 Å². The summed E-state index contributed by atoms with van der Waals surface area (Å²) in [5.74, 6) is -0.774. The number of benzene rings is 1. The number of nitrogens with zero attached hydrogens (tertiary/aromatic N) is 1. The molecular weight excluding hydrogens is 332 g/mol. The highest BCUT2D eigenvalue weighted by molar-refractivity contribution is 6.10. The summed E-state index contributed by atoms with van der Waals surface area (Å²) in [5, 5.41) is 16.2. The van der Waals surface area contributed by atoms with Gasteiger partial charge in [0.2, 0.25) is 5.91 Å². The summed E-state index contributed by atoms with van der Waals surface area (Å²) in [6.45, 7) is 4.95. The molecule has 2 heterocycles. The number of aliphatic hydroxyl groups is 1. The summed E-state index contributed by atoms with van der Waals surface area (Å²) in [4.78, 5) is 32.3. The Labute approximate surface area is 150 Å². The summed E-state index contributed by atoms with van der Waals surface area (Å²) in [6.07, 6.45) is 0. The molecule has 0 aliphatic heterocycles. The first kappa shape index (κ1) is 17.9. The van der Waals surface area contributed by atoms with E-state index in [1.54, 1.807) is 19.9 Å². The van der Waals surface area contributed by atoms with Gasteiger partial charge in [0.05, 0.1) is 17.8 Å². The van der Waals surface area contributed by atoms with Gasteiger partial charge in [0.25, 0.3) is 5.91 Å². The molecule has 2 atom stereocenters. The van der Waals surface area contributed by atoms with Crippen molar-refractivity contribution in [3.63, 3.8) is 0 Å². The topological polar surface area (TPSA) is 107 Å². The Morgan fingerprint density at radius 3 is 2.65 bits per heavy atom. The first-order chi connectivity index (χ1) is 12.4. The molecule has 3 rings (SSSR count). The van der Waals surface area contributed by atoms with Crippen LogP contribution in [-0.2, 0) is 4.79 Å². The number of aryl methyl sites for hydroxylation is 1. The van der Waals surface area contributed by atoms with Crippen LogP contribution >= 0.6 is 0 Å². The van der Waals surface area contributed by atoms with Gasteiger partial charge in [0, 0.05) is 22.3 Å². The van der Waals surface area contributed by atoms with Crippen LogP contribution in [0.3, 0.4) is 0 Å². The molecule has 0 aliphatic carbocycles. The zero-order chi connectivity index (χ0) is 18.8. The Balaban J connectivity index is 1.86. The quantitative estimate of drug-likeness (QED) is 0.559. The zero-order valence-corrected chi connectivity index (χ0v) is 15.0. The van der Waals surface area contributed by atoms with Gasteiger partial charge in [-0.25, -0.2) is 4.98 Å². The van der Waals surface area contributed by atoms with Crippen molar-refractivity contribution in [3.05, 3.63) is 41.7 Å². The second-order valence-electron chi connectivity index (χ2n) is 6.47. The molecule has 0 radical (unpaired) electrons. The Morgan fingerprint density at radius 2 is 1.92 bits per heavy atom. The van der Waals surface area contributed by atoms with Crippen molar-refractivity contribution >= 4 is 33.6 Å². The third kappa shape index (κ3) is 3.39. The number of aromatic amines is 1. The Kier molecular flexibility index (Phi) is 4.90. The van der Waals surface area contributed by atoms with Crippen LogP contribution < -0.4 is 10.6 Å². The second kappa shape index (κ2) is 7.13. The van der Waals surface area contributed by atoms with Gasteiger partial charge in [-0.1, -0.05) is 18.2 Å². The lowest BCUT2D eigenvalue weighted by molar-refractivity contribution is -0.123. The van der Waals surface area contributed by atoms with Gasteiger partial charge in [-0.05, 0) is 32.9 Å². The molecule has 2 amide bonds. The van der Waals surface area contributed by atoms with Crippen LogP contribution in [0.2, 0.25) is 0 Å². The third-order valence-corrected chi connectivity index (χ3v) is 4.31. The maximum Gasteiger partial charge on any atom is 0.270 e. The van der Waals surface area contributed by atoms with E-state index in [2.05, 4.69) is 20.6 Å². The predicted octanol–water partition coefficient (Wildman–Crippen LogP) is 1.64. The molecule has 136 valence electrons. The van der Waals surface area contributed by atoms with Crippen LogP contribution in [0, 0.1) is 6.92 Å². The first-order valence-corrected chi connectivity index (χ1v) is 8.51. The van der Waals surface area contributed by atoms with E-state index >= 15 is 0 Å². The molecule has 0 saturated heterocycles. The van der Waals surface area contributed by atoms with Gasteiger partial charge >= 0.3 is 0 Å². The molecule has 26 heavy (non-hydrogen) atoms. The minimum absolute atomic E-state index is 0.162. The van der Waals surface area contributed by atoms with Gasteiger partial charge in [0.15, 0.2) is 0 Å². The minimum Gasteiger partial charge on any atom is -0.394 e. The number of H-pyrrole nitrogens is 1. The molecule has 2 aromatic heterocycles. The number of rotatable bonds is 5. The molecule has 4 N–H and O–H groups in total. The third-order valence-electron chi connectivity index (χ3n) is 4.31. The number of aliphatic hydroxyl groups excluding tert-OH is 1. The predicted molar refractivity (Wildman–Crippen MR) is 100.0 cm³/mol. The fraction of sp³-hybridized carbons (Fsp3) is 0.316. The largest absolute Gasteiger partial charge is 0.394 e. The van der Waals surface area contributed by atoms with Gasteiger partial charge in [-0.15, -0.1) is 0 Å². The molecule has 0 aliphatic rings. The van der Waals surface area contributed by atoms with E-state index < -0.39 is 11.9 Å². The summed E-state index contributed by atoms with van der Waals surface area (Å²) in [6, 6.07) is 8.48. The lowest BCUT2D eigenvalue weighted by Crippen LogP contribution is -2.48. The van der Waals surface area contributed by atoms with Crippen molar-refractivity contribution in [2.45, 2.75) is 32.9 Å². The highest BCUT2D eigenvalue weighted by Crippen LogP contribution is 2.27. The summed E-state index contributed by atoms with van der Waals surface area (Å²) in [7, 11) is 0. The minimum atomic E-state index is -0.739. The number of hydrogen-bond donors (Lipinski definition) is 4. The SMILES string of the molecule is Cc1nc(C(=O)N[C@@H](C)C(=O)N[C@@H](C)CO)cc2c1[nH]c1ccccc12. The Bertz CT molecular complexity index is 979. The van der Waals surface area contributed by atoms with E-state index in [0.29, 0.717) is 0 Å². The van der Waals surface area contributed by atoms with Crippen molar-refractivity contribution in [2.24, 2.45) is 0 Å². The summed E-state index contributed by atoms with van der Waals surface area (Å²) < 4.78 is 0. The van der Waals surface area contributed by atoms with Gasteiger partial charge < -0.3 is 20.7 Å². The van der Waals surface area contributed by atoms with E-state index in [1.165, 1.54) is 0 Å². The number of aromatic nitrogens is 2. The van der Waals surface area contributed by atoms with E-state index in [1.807, 2.05) is 31.2 Å². The number of carbonyl (C=O) groups excluding carboxylic acids is 2. The maximum absolute atomic E-state index is 12.6. The fourth-order valence-corrected chi connectivity index (χ4v) is 2.87. The van der Waals surface area contributed by atoms with Crippen molar-refractivity contribution in [2.75, 3.05) is 6.61 Å². The highest BCUT2D eigenvalue weighted by atomic mass is 16.3. The number of fused-ring (bicyclic) bond motifs is 3. The van der Waals surface area contributed by atoms with Crippen LogP contribution in [0.4, 0.5) is 0 Å². The molecule has 7 nitrogen and oxygen atoms in total. The van der Waals surface area contributed by atoms with Crippen molar-refractivity contribution in [1.82, 2.24) is 20.6 Å². The van der Waals surface area contributed by atoms with Crippen LogP contribution in [0.1, 0.15) is 30.0 Å². The average molecular weight is 354 g/mol. The Morgan fingerprint density at radius 1 is 1.19 bits per heavy atom. The number of nitrogens with one attached hydrogen (secondary N) is 3. The van der Waals surface area contributed by atoms with Crippen LogP contribution in [-0.4, -0.2) is 45.6 Å². The monoisotopic (exact) mass is 354 g/mol. The van der Waals surface area contributed by atoms with Crippen molar-refractivity contribution in [3.8, 4) is 0 Å². The molecular formula is C19H22N4O3. The molecule has 0 fully saturated rings. The molecule has 1 aromatic carbocycles. The van der Waals surface area contributed by atoms with Gasteiger partial charge in [-0.2, -0.15) is 0 Å². The van der Waals surface area contributed by atoms with E-state index in [-0.39, 0.29) is 24.2 Å². The van der Waals surface area contributed by atoms with E-state index in [4.69, 9.17) is 5.11 Å². The fourth-order valence-electron chi connectivity index (χ4n) is 2.87. The smallest absolute Gasteiger partial charge is 0.270 e. The van der Waals surface area contributed by atoms with Crippen LogP contribution in [0.5, 0.6) is 0 Å². The average Bonchev–Trinajstić information content (AvgIpc) is 3.00. The molecule has 0 bridgehead atoms. The summed E-state index contributed by atoms with van der Waals surface area (Å²) >= 11 is 0. The molecule has 0 saturated carbocycles.